The highest BCUT2D eigenvalue weighted by atomic mass is 16.7. The summed E-state index contributed by atoms with van der Waals surface area (Å²) in [5.41, 5.74) is -1.75. The molecule has 0 spiro atoms. The average Bonchev–Trinajstić information content (AvgIpc) is 3.00. The molecule has 1 heterocycles. The quantitative estimate of drug-likeness (QED) is 0.169. The number of aliphatic carboxylic acids is 2. The second kappa shape index (κ2) is 11.2. The summed E-state index contributed by atoms with van der Waals surface area (Å²) in [7, 11) is 0. The Morgan fingerprint density at radius 2 is 1.51 bits per heavy atom. The molecule has 47 heavy (non-hydrogen) atoms. The van der Waals surface area contributed by atoms with Gasteiger partial charge in [-0.1, -0.05) is 53.2 Å². The lowest BCUT2D eigenvalue weighted by molar-refractivity contribution is -0.327. The summed E-state index contributed by atoms with van der Waals surface area (Å²) in [5.74, 6) is -2.50. The van der Waals surface area contributed by atoms with E-state index in [0.29, 0.717) is 25.7 Å². The smallest absolute Gasteiger partial charge is 0.335 e. The number of rotatable bonds is 5. The van der Waals surface area contributed by atoms with Crippen LogP contribution in [-0.2, 0) is 19.1 Å². The number of carboxylic acids is 2. The number of carbonyl (C=O) groups is 2. The highest BCUT2D eigenvalue weighted by Gasteiger charge is 2.71. The molecule has 0 aromatic rings. The molecule has 1 saturated heterocycles. The van der Waals surface area contributed by atoms with Crippen molar-refractivity contribution in [3.63, 3.8) is 0 Å². The number of carboxylic acid groups (broad SMARTS) is 2. The van der Waals surface area contributed by atoms with Crippen molar-refractivity contribution in [2.24, 2.45) is 50.2 Å². The zero-order valence-electron chi connectivity index (χ0n) is 28.7. The molecule has 6 aliphatic rings. The van der Waals surface area contributed by atoms with E-state index >= 15 is 0 Å². The molecule has 7 N–H and O–H groups in total. The van der Waals surface area contributed by atoms with Crippen LogP contribution < -0.4 is 0 Å². The number of ether oxygens (including phenoxy) is 2. The van der Waals surface area contributed by atoms with Crippen LogP contribution in [0.1, 0.15) is 99.3 Å². The van der Waals surface area contributed by atoms with Gasteiger partial charge < -0.3 is 45.2 Å². The minimum atomic E-state index is -1.82. The third kappa shape index (κ3) is 4.62. The topological polar surface area (TPSA) is 194 Å². The Morgan fingerprint density at radius 1 is 0.851 bits per heavy atom. The zero-order valence-corrected chi connectivity index (χ0v) is 28.7. The van der Waals surface area contributed by atoms with Crippen LogP contribution in [0.2, 0.25) is 0 Å². The van der Waals surface area contributed by atoms with Gasteiger partial charge in [0.2, 0.25) is 0 Å². The standard InChI is InChI=1S/C36H56O11/c1-31(2)13-15-36(30(44)45)16-14-34(5)18(22(36)27(31)41)7-8-20-32(3)11-10-21(33(4,17-37)19(32)9-12-35(20,34)6)46-29-25(40)23(38)24(39)26(47-29)28(42)43/h7,19-27,29,37-41H,8-17H2,1-6H3,(H,42,43)(H,44,45)/t19-,20-,21+,22-,23+,24+,25-,26+,27+,29-,32+,33+,34-,35-,36+/m1/s1. The van der Waals surface area contributed by atoms with Crippen molar-refractivity contribution in [1.29, 1.82) is 0 Å². The second-order valence-corrected chi connectivity index (χ2v) is 17.7. The van der Waals surface area contributed by atoms with Crippen molar-refractivity contribution >= 4 is 11.9 Å². The van der Waals surface area contributed by atoms with Crippen LogP contribution in [0.5, 0.6) is 0 Å². The van der Waals surface area contributed by atoms with Gasteiger partial charge in [-0.3, -0.25) is 4.79 Å². The van der Waals surface area contributed by atoms with Gasteiger partial charge >= 0.3 is 11.9 Å². The van der Waals surface area contributed by atoms with E-state index in [1.807, 2.05) is 20.8 Å². The van der Waals surface area contributed by atoms with Crippen LogP contribution in [0, 0.1) is 50.2 Å². The highest BCUT2D eigenvalue weighted by Crippen LogP contribution is 2.76. The van der Waals surface area contributed by atoms with Crippen molar-refractivity contribution in [2.75, 3.05) is 6.61 Å². The molecule has 11 heteroatoms. The highest BCUT2D eigenvalue weighted by molar-refractivity contribution is 5.77. The molecule has 5 fully saturated rings. The largest absolute Gasteiger partial charge is 0.481 e. The Bertz CT molecular complexity index is 1320. The average molecular weight is 665 g/mol. The van der Waals surface area contributed by atoms with Gasteiger partial charge in [0.25, 0.3) is 0 Å². The van der Waals surface area contributed by atoms with E-state index in [2.05, 4.69) is 26.8 Å². The number of hydrogen-bond acceptors (Lipinski definition) is 9. The normalized spacial score (nSPS) is 53.8. The van der Waals surface area contributed by atoms with Crippen LogP contribution in [0.4, 0.5) is 0 Å². The van der Waals surface area contributed by atoms with Gasteiger partial charge in [-0.05, 0) is 91.3 Å². The van der Waals surface area contributed by atoms with Crippen LogP contribution in [0.25, 0.3) is 0 Å². The fraction of sp³-hybridized carbons (Fsp3) is 0.889. The van der Waals surface area contributed by atoms with Gasteiger partial charge in [0.1, 0.15) is 18.3 Å². The second-order valence-electron chi connectivity index (χ2n) is 17.7. The summed E-state index contributed by atoms with van der Waals surface area (Å²) in [5, 5.41) is 74.3. The Kier molecular flexibility index (Phi) is 8.40. The molecular weight excluding hydrogens is 608 g/mol. The van der Waals surface area contributed by atoms with Gasteiger partial charge in [-0.2, -0.15) is 0 Å². The lowest BCUT2D eigenvalue weighted by Gasteiger charge is -2.71. The van der Waals surface area contributed by atoms with Gasteiger partial charge in [-0.15, -0.1) is 0 Å². The lowest BCUT2D eigenvalue weighted by Crippen LogP contribution is -2.68. The van der Waals surface area contributed by atoms with Crippen LogP contribution >= 0.6 is 0 Å². The molecule has 266 valence electrons. The van der Waals surface area contributed by atoms with E-state index in [4.69, 9.17) is 9.47 Å². The Morgan fingerprint density at radius 3 is 2.13 bits per heavy atom. The van der Waals surface area contributed by atoms with Crippen molar-refractivity contribution in [2.45, 2.75) is 142 Å². The lowest BCUT2D eigenvalue weighted by atomic mass is 9.33. The molecule has 4 saturated carbocycles. The van der Waals surface area contributed by atoms with Crippen molar-refractivity contribution in [3.8, 4) is 0 Å². The Balaban J connectivity index is 1.33. The van der Waals surface area contributed by atoms with Crippen LogP contribution in [-0.4, -0.2) is 97.2 Å². The van der Waals surface area contributed by atoms with E-state index in [1.54, 1.807) is 0 Å². The maximum atomic E-state index is 13.0. The number of fused-ring (bicyclic) bond motifs is 7. The Hall–Kier alpha value is -1.60. The van der Waals surface area contributed by atoms with Crippen LogP contribution in [0.15, 0.2) is 11.6 Å². The SMILES string of the molecule is CC1(C)CC[C@]2(C(=O)O)CC[C@]3(C)C(=CC[C@@H]4[C@@]5(C)CC[C@H](O[C@@H]6O[C@H](C(=O)O)[C@@H](O)[C@H](O)[C@H]6O)[C@@](C)(CO)[C@@H]5CC[C@]43C)[C@@H]2[C@@H]1O. The molecule has 0 aromatic carbocycles. The molecular formula is C36H56O11. The minimum absolute atomic E-state index is 0.00259. The fourth-order valence-corrected chi connectivity index (χ4v) is 12.2. The molecule has 0 bridgehead atoms. The molecule has 0 aromatic heterocycles. The number of allylic oxidation sites excluding steroid dienone is 1. The zero-order chi connectivity index (χ0) is 34.7. The predicted molar refractivity (Wildman–Crippen MR) is 169 cm³/mol. The van der Waals surface area contributed by atoms with Gasteiger partial charge in [0.15, 0.2) is 12.4 Å². The van der Waals surface area contributed by atoms with Crippen molar-refractivity contribution in [1.82, 2.24) is 0 Å². The third-order valence-electron chi connectivity index (χ3n) is 15.5. The molecule has 15 atom stereocenters. The monoisotopic (exact) mass is 664 g/mol. The minimum Gasteiger partial charge on any atom is -0.481 e. The van der Waals surface area contributed by atoms with Gasteiger partial charge in [-0.25, -0.2) is 4.79 Å². The molecule has 0 unspecified atom stereocenters. The number of hydrogen-bond donors (Lipinski definition) is 7. The first kappa shape index (κ1) is 35.2. The van der Waals surface area contributed by atoms with Gasteiger partial charge in [0.05, 0.1) is 24.2 Å². The third-order valence-corrected chi connectivity index (χ3v) is 15.5. The number of aliphatic hydroxyl groups excluding tert-OH is 5. The summed E-state index contributed by atoms with van der Waals surface area (Å²) < 4.78 is 11.8. The number of aliphatic hydroxyl groups is 5. The van der Waals surface area contributed by atoms with E-state index < -0.39 is 71.6 Å². The first-order valence-corrected chi connectivity index (χ1v) is 17.6. The van der Waals surface area contributed by atoms with Crippen molar-refractivity contribution < 1.29 is 54.8 Å². The van der Waals surface area contributed by atoms with E-state index in [-0.39, 0.29) is 40.1 Å². The first-order valence-electron chi connectivity index (χ1n) is 17.6. The molecule has 1 aliphatic heterocycles. The summed E-state index contributed by atoms with van der Waals surface area (Å²) in [6.07, 6.45) is -1.50. The van der Waals surface area contributed by atoms with Crippen LogP contribution in [0.3, 0.4) is 0 Å². The molecule has 0 amide bonds. The first-order chi connectivity index (χ1) is 21.7. The molecule has 6 rings (SSSR count). The van der Waals surface area contributed by atoms with E-state index in [9.17, 15) is 45.3 Å². The van der Waals surface area contributed by atoms with Crippen molar-refractivity contribution in [3.05, 3.63) is 11.6 Å². The summed E-state index contributed by atoms with van der Waals surface area (Å²) in [4.78, 5) is 24.7. The predicted octanol–water partition coefficient (Wildman–Crippen LogP) is 3.09. The molecule has 5 aliphatic carbocycles. The van der Waals surface area contributed by atoms with E-state index in [1.165, 1.54) is 0 Å². The molecule has 11 nitrogen and oxygen atoms in total. The molecule has 0 radical (unpaired) electrons. The summed E-state index contributed by atoms with van der Waals surface area (Å²) >= 11 is 0. The maximum absolute atomic E-state index is 13.0. The Labute approximate surface area is 277 Å². The summed E-state index contributed by atoms with van der Waals surface area (Å²) in [6.45, 7) is 12.8. The van der Waals surface area contributed by atoms with E-state index in [0.717, 1.165) is 37.7 Å². The maximum Gasteiger partial charge on any atom is 0.335 e. The summed E-state index contributed by atoms with van der Waals surface area (Å²) in [6, 6.07) is 0. The van der Waals surface area contributed by atoms with Gasteiger partial charge in [0, 0.05) is 11.3 Å². The fourth-order valence-electron chi connectivity index (χ4n) is 12.2.